The summed E-state index contributed by atoms with van der Waals surface area (Å²) in [5.74, 6) is 0. The number of nitrogens with zero attached hydrogens (tertiary/aromatic N) is 1. The van der Waals surface area contributed by atoms with Crippen LogP contribution in [0.5, 0.6) is 0 Å². The molecule has 2 nitrogen and oxygen atoms in total. The normalized spacial score (nSPS) is 11.5. The number of benzene rings is 7. The molecule has 0 radical (unpaired) electrons. The number of fused-ring (bicyclic) bond motifs is 5. The van der Waals surface area contributed by atoms with Crippen LogP contribution in [0.1, 0.15) is 5.56 Å². The van der Waals surface area contributed by atoms with Gasteiger partial charge in [-0.05, 0) is 62.4 Å². The van der Waals surface area contributed by atoms with Crippen LogP contribution < -0.4 is 5.32 Å². The van der Waals surface area contributed by atoms with E-state index >= 15 is 0 Å². The largest absolute Gasteiger partial charge is 0.327 e. The molecule has 1 heterocycles. The Morgan fingerprint density at radius 2 is 1.09 bits per heavy atom. The predicted molar refractivity (Wildman–Crippen MR) is 194 cm³/mol. The summed E-state index contributed by atoms with van der Waals surface area (Å²) in [6.45, 7) is 1.49. The second-order valence-corrected chi connectivity index (χ2v) is 12.0. The Bertz CT molecular complexity index is 2270. The van der Waals surface area contributed by atoms with E-state index in [4.69, 9.17) is 12.6 Å². The van der Waals surface area contributed by atoms with Crippen molar-refractivity contribution in [2.75, 3.05) is 0 Å². The smallest absolute Gasteiger partial charge is 0.0734 e. The standard InChI is InChI=1S/C42H32N2S/c45-42-36(32-14-6-2-7-15-32)26-37-34(40(42)33-16-8-3-9-17-33)24-25-39-41(37)35-18-10-11-19-38(35)44(39)28-43-27-29-20-22-31(23-21-29)30-12-4-1-5-13-30/h1-26,43,45H,27-28H2. The van der Waals surface area contributed by atoms with Gasteiger partial charge in [-0.15, -0.1) is 12.6 Å². The molecule has 0 saturated carbocycles. The van der Waals surface area contributed by atoms with Crippen molar-refractivity contribution < 1.29 is 0 Å². The summed E-state index contributed by atoms with van der Waals surface area (Å²) < 4.78 is 2.42. The Labute approximate surface area is 269 Å². The average molecular weight is 597 g/mol. The first-order valence-corrected chi connectivity index (χ1v) is 15.9. The Morgan fingerprint density at radius 1 is 0.489 bits per heavy atom. The third-order valence-electron chi connectivity index (χ3n) is 8.84. The van der Waals surface area contributed by atoms with Crippen LogP contribution in [0.25, 0.3) is 66.0 Å². The highest BCUT2D eigenvalue weighted by molar-refractivity contribution is 7.80. The number of nitrogens with one attached hydrogen (secondary N) is 1. The summed E-state index contributed by atoms with van der Waals surface area (Å²) in [4.78, 5) is 1.00. The maximum absolute atomic E-state index is 5.18. The molecule has 0 unspecified atom stereocenters. The Morgan fingerprint density at radius 3 is 1.80 bits per heavy atom. The van der Waals surface area contributed by atoms with Crippen LogP contribution in [0, 0.1) is 0 Å². The molecule has 0 aliphatic rings. The van der Waals surface area contributed by atoms with Gasteiger partial charge >= 0.3 is 0 Å². The summed E-state index contributed by atoms with van der Waals surface area (Å²) in [7, 11) is 0. The number of rotatable bonds is 7. The van der Waals surface area contributed by atoms with E-state index in [1.54, 1.807) is 0 Å². The van der Waals surface area contributed by atoms with Crippen molar-refractivity contribution >= 4 is 45.2 Å². The van der Waals surface area contributed by atoms with Crippen molar-refractivity contribution in [1.82, 2.24) is 9.88 Å². The minimum atomic E-state index is 0.706. The molecule has 0 bridgehead atoms. The van der Waals surface area contributed by atoms with E-state index in [1.807, 2.05) is 0 Å². The maximum Gasteiger partial charge on any atom is 0.0734 e. The van der Waals surface area contributed by atoms with Gasteiger partial charge in [-0.25, -0.2) is 0 Å². The van der Waals surface area contributed by atoms with Crippen LogP contribution in [0.15, 0.2) is 163 Å². The zero-order chi connectivity index (χ0) is 30.2. The molecule has 0 atom stereocenters. The van der Waals surface area contributed by atoms with Gasteiger partial charge in [0.05, 0.1) is 17.7 Å². The Hall–Kier alpha value is -5.09. The molecule has 1 N–H and O–H groups in total. The van der Waals surface area contributed by atoms with Crippen molar-refractivity contribution in [1.29, 1.82) is 0 Å². The number of hydrogen-bond donors (Lipinski definition) is 2. The van der Waals surface area contributed by atoms with Crippen LogP contribution in [0.2, 0.25) is 0 Å². The molecule has 45 heavy (non-hydrogen) atoms. The number of para-hydroxylation sites is 1. The summed E-state index contributed by atoms with van der Waals surface area (Å²) in [6, 6.07) is 56.4. The third kappa shape index (κ3) is 5.01. The van der Waals surface area contributed by atoms with Crippen molar-refractivity contribution in [3.8, 4) is 33.4 Å². The van der Waals surface area contributed by atoms with Crippen molar-refractivity contribution in [2.24, 2.45) is 0 Å². The molecule has 8 rings (SSSR count). The van der Waals surface area contributed by atoms with E-state index in [2.05, 4.69) is 168 Å². The number of aromatic nitrogens is 1. The van der Waals surface area contributed by atoms with E-state index < -0.39 is 0 Å². The lowest BCUT2D eigenvalue weighted by molar-refractivity contribution is 0.582. The SMILES string of the molecule is Sc1c(-c2ccccc2)cc2c(ccc3c2c2ccccc2n3CNCc2ccc(-c3ccccc3)cc2)c1-c1ccccc1. The summed E-state index contributed by atoms with van der Waals surface area (Å²) in [5.41, 5.74) is 10.9. The lowest BCUT2D eigenvalue weighted by Gasteiger charge is -2.17. The van der Waals surface area contributed by atoms with Crippen molar-refractivity contribution in [2.45, 2.75) is 18.1 Å². The molecule has 0 amide bonds. The van der Waals surface area contributed by atoms with Crippen LogP contribution in [-0.2, 0) is 13.2 Å². The zero-order valence-corrected chi connectivity index (χ0v) is 25.7. The predicted octanol–water partition coefficient (Wildman–Crippen LogP) is 11.0. The van der Waals surface area contributed by atoms with Crippen LogP contribution in [0.3, 0.4) is 0 Å². The Kier molecular flexibility index (Phi) is 7.19. The van der Waals surface area contributed by atoms with Gasteiger partial charge in [-0.3, -0.25) is 5.32 Å². The lowest BCUT2D eigenvalue weighted by atomic mass is 9.91. The molecule has 0 fully saturated rings. The van der Waals surface area contributed by atoms with Gasteiger partial charge in [-0.2, -0.15) is 0 Å². The molecular formula is C42H32N2S. The van der Waals surface area contributed by atoms with E-state index in [0.29, 0.717) is 6.67 Å². The van der Waals surface area contributed by atoms with E-state index in [9.17, 15) is 0 Å². The molecular weight excluding hydrogens is 565 g/mol. The molecule has 0 aliphatic carbocycles. The fourth-order valence-corrected chi connectivity index (χ4v) is 7.12. The van der Waals surface area contributed by atoms with Gasteiger partial charge in [0, 0.05) is 27.8 Å². The van der Waals surface area contributed by atoms with Gasteiger partial charge in [0.2, 0.25) is 0 Å². The van der Waals surface area contributed by atoms with E-state index in [0.717, 1.165) is 17.0 Å². The monoisotopic (exact) mass is 596 g/mol. The summed E-state index contributed by atoms with van der Waals surface area (Å²) in [5, 5.41) is 8.73. The van der Waals surface area contributed by atoms with Crippen LogP contribution in [0.4, 0.5) is 0 Å². The second kappa shape index (κ2) is 11.8. The molecule has 8 aromatic rings. The van der Waals surface area contributed by atoms with E-state index in [1.165, 1.54) is 66.0 Å². The quantitative estimate of drug-likeness (QED) is 0.175. The molecule has 0 spiro atoms. The minimum absolute atomic E-state index is 0.706. The summed E-state index contributed by atoms with van der Waals surface area (Å²) in [6.07, 6.45) is 0. The van der Waals surface area contributed by atoms with Crippen LogP contribution in [-0.4, -0.2) is 4.57 Å². The molecule has 3 heteroatoms. The first-order chi connectivity index (χ1) is 22.3. The highest BCUT2D eigenvalue weighted by Crippen LogP contribution is 2.45. The van der Waals surface area contributed by atoms with Crippen molar-refractivity contribution in [3.63, 3.8) is 0 Å². The average Bonchev–Trinajstić information content (AvgIpc) is 3.43. The first kappa shape index (κ1) is 27.5. The van der Waals surface area contributed by atoms with Gasteiger partial charge < -0.3 is 4.57 Å². The second-order valence-electron chi connectivity index (χ2n) is 11.5. The zero-order valence-electron chi connectivity index (χ0n) is 24.8. The molecule has 216 valence electrons. The highest BCUT2D eigenvalue weighted by atomic mass is 32.1. The first-order valence-electron chi connectivity index (χ1n) is 15.4. The minimum Gasteiger partial charge on any atom is -0.327 e. The van der Waals surface area contributed by atoms with Gasteiger partial charge in [0.1, 0.15) is 0 Å². The Balaban J connectivity index is 1.23. The van der Waals surface area contributed by atoms with Gasteiger partial charge in [0.25, 0.3) is 0 Å². The van der Waals surface area contributed by atoms with Gasteiger partial charge in [0.15, 0.2) is 0 Å². The molecule has 1 aromatic heterocycles. The number of hydrogen-bond acceptors (Lipinski definition) is 2. The fraction of sp³-hybridized carbons (Fsp3) is 0.0476. The lowest BCUT2D eigenvalue weighted by Crippen LogP contribution is -2.17. The molecule has 0 aliphatic heterocycles. The topological polar surface area (TPSA) is 17.0 Å². The van der Waals surface area contributed by atoms with E-state index in [-0.39, 0.29) is 0 Å². The highest BCUT2D eigenvalue weighted by Gasteiger charge is 2.19. The molecule has 0 saturated heterocycles. The molecule has 7 aromatic carbocycles. The number of thiol groups is 1. The van der Waals surface area contributed by atoms with Crippen molar-refractivity contribution in [3.05, 3.63) is 163 Å². The third-order valence-corrected chi connectivity index (χ3v) is 9.30. The van der Waals surface area contributed by atoms with Crippen LogP contribution >= 0.6 is 12.6 Å². The van der Waals surface area contributed by atoms with Gasteiger partial charge in [-0.1, -0.05) is 140 Å². The fourth-order valence-electron chi connectivity index (χ4n) is 6.67. The maximum atomic E-state index is 5.18. The summed E-state index contributed by atoms with van der Waals surface area (Å²) >= 11 is 5.18.